The molecule has 0 fully saturated rings. The highest BCUT2D eigenvalue weighted by Crippen LogP contribution is 2.26. The van der Waals surface area contributed by atoms with Crippen LogP contribution in [0.2, 0.25) is 0 Å². The molecule has 0 aliphatic rings. The topological polar surface area (TPSA) is 52.8 Å². The van der Waals surface area contributed by atoms with Gasteiger partial charge in [0.15, 0.2) is 5.82 Å². The summed E-state index contributed by atoms with van der Waals surface area (Å²) in [6.45, 7) is 3.75. The first-order valence-corrected chi connectivity index (χ1v) is 5.68. The van der Waals surface area contributed by atoms with Crippen LogP contribution in [0.3, 0.4) is 0 Å². The van der Waals surface area contributed by atoms with E-state index in [0.717, 1.165) is 16.9 Å². The van der Waals surface area contributed by atoms with Gasteiger partial charge in [-0.2, -0.15) is 10.4 Å². The van der Waals surface area contributed by atoms with Crippen LogP contribution in [-0.2, 0) is 0 Å². The Morgan fingerprint density at radius 1 is 1.11 bits per heavy atom. The van der Waals surface area contributed by atoms with Crippen molar-refractivity contribution in [3.8, 4) is 6.07 Å². The van der Waals surface area contributed by atoms with E-state index < -0.39 is 0 Å². The Morgan fingerprint density at radius 2 is 1.78 bits per heavy atom. The van der Waals surface area contributed by atoms with Gasteiger partial charge in [-0.15, -0.1) is 5.10 Å². The lowest BCUT2D eigenvalue weighted by Crippen LogP contribution is -2.15. The molecule has 90 valence electrons. The molecule has 0 unspecified atom stereocenters. The number of hydrogen-bond donors (Lipinski definition) is 0. The zero-order chi connectivity index (χ0) is 13.1. The maximum atomic E-state index is 9.28. The number of rotatable bonds is 2. The lowest BCUT2D eigenvalue weighted by Gasteiger charge is -2.19. The summed E-state index contributed by atoms with van der Waals surface area (Å²) in [7, 11) is 1.88. The van der Waals surface area contributed by atoms with E-state index in [1.54, 1.807) is 0 Å². The number of nitriles is 1. The summed E-state index contributed by atoms with van der Waals surface area (Å²) in [5, 5.41) is 17.5. The Bertz CT molecular complexity index is 599. The van der Waals surface area contributed by atoms with Crippen molar-refractivity contribution in [2.45, 2.75) is 13.8 Å². The molecule has 0 radical (unpaired) electrons. The molecule has 1 aromatic carbocycles. The van der Waals surface area contributed by atoms with Gasteiger partial charge in [-0.1, -0.05) is 18.2 Å². The highest BCUT2D eigenvalue weighted by molar-refractivity contribution is 5.66. The number of nitrogens with zero attached hydrogens (tertiary/aromatic N) is 4. The van der Waals surface area contributed by atoms with E-state index in [1.165, 1.54) is 0 Å². The molecule has 18 heavy (non-hydrogen) atoms. The lowest BCUT2D eigenvalue weighted by atomic mass is 10.1. The van der Waals surface area contributed by atoms with E-state index in [4.69, 9.17) is 0 Å². The molecule has 0 saturated heterocycles. The fraction of sp³-hybridized carbons (Fsp3) is 0.214. The smallest absolute Gasteiger partial charge is 0.173 e. The van der Waals surface area contributed by atoms with Gasteiger partial charge >= 0.3 is 0 Å². The molecule has 1 aromatic heterocycles. The van der Waals surface area contributed by atoms with Gasteiger partial charge in [0, 0.05) is 12.7 Å². The molecular weight excluding hydrogens is 224 g/mol. The fourth-order valence-corrected chi connectivity index (χ4v) is 1.74. The van der Waals surface area contributed by atoms with Crippen molar-refractivity contribution < 1.29 is 0 Å². The molecule has 0 aliphatic carbocycles. The van der Waals surface area contributed by atoms with Crippen molar-refractivity contribution in [1.82, 2.24) is 10.2 Å². The first-order valence-electron chi connectivity index (χ1n) is 5.68. The SMILES string of the molecule is Cc1nnc(N(C)c2ccccc2)c(C#N)c1C. The van der Waals surface area contributed by atoms with Crippen LogP contribution in [0.4, 0.5) is 11.5 Å². The quantitative estimate of drug-likeness (QED) is 0.807. The number of anilines is 2. The van der Waals surface area contributed by atoms with Crippen LogP contribution in [0, 0.1) is 25.2 Å². The third kappa shape index (κ3) is 2.03. The number of para-hydroxylation sites is 1. The molecule has 0 N–H and O–H groups in total. The van der Waals surface area contributed by atoms with Crippen LogP contribution in [-0.4, -0.2) is 17.2 Å². The van der Waals surface area contributed by atoms with Crippen molar-refractivity contribution >= 4 is 11.5 Å². The van der Waals surface area contributed by atoms with Crippen molar-refractivity contribution in [3.05, 3.63) is 47.2 Å². The number of hydrogen-bond acceptors (Lipinski definition) is 4. The minimum atomic E-state index is 0.578. The van der Waals surface area contributed by atoms with Crippen LogP contribution < -0.4 is 4.90 Å². The third-order valence-corrected chi connectivity index (χ3v) is 3.01. The van der Waals surface area contributed by atoms with E-state index in [-0.39, 0.29) is 0 Å². The van der Waals surface area contributed by atoms with Crippen LogP contribution >= 0.6 is 0 Å². The molecule has 0 bridgehead atoms. The van der Waals surface area contributed by atoms with Crippen molar-refractivity contribution in [2.75, 3.05) is 11.9 Å². The highest BCUT2D eigenvalue weighted by atomic mass is 15.3. The van der Waals surface area contributed by atoms with Crippen LogP contribution in [0.5, 0.6) is 0 Å². The second kappa shape index (κ2) is 4.84. The van der Waals surface area contributed by atoms with Crippen molar-refractivity contribution in [1.29, 1.82) is 5.26 Å². The molecule has 2 aromatic rings. The predicted octanol–water partition coefficient (Wildman–Crippen LogP) is 2.73. The van der Waals surface area contributed by atoms with Gasteiger partial charge in [0.25, 0.3) is 0 Å². The Morgan fingerprint density at radius 3 is 2.39 bits per heavy atom. The second-order valence-electron chi connectivity index (χ2n) is 4.12. The summed E-state index contributed by atoms with van der Waals surface area (Å²) in [6.07, 6.45) is 0. The largest absolute Gasteiger partial charge is 0.327 e. The summed E-state index contributed by atoms with van der Waals surface area (Å²) in [5.74, 6) is 0.590. The van der Waals surface area contributed by atoms with E-state index >= 15 is 0 Å². The number of aryl methyl sites for hydroxylation is 1. The molecular formula is C14H14N4. The second-order valence-corrected chi connectivity index (χ2v) is 4.12. The molecule has 4 heteroatoms. The van der Waals surface area contributed by atoms with Gasteiger partial charge in [-0.25, -0.2) is 0 Å². The zero-order valence-corrected chi connectivity index (χ0v) is 10.7. The van der Waals surface area contributed by atoms with Gasteiger partial charge < -0.3 is 4.90 Å². The standard InChI is InChI=1S/C14H14N4/c1-10-11(2)16-17-14(13(10)9-15)18(3)12-7-5-4-6-8-12/h4-8H,1-3H3. The average Bonchev–Trinajstić information content (AvgIpc) is 2.42. The molecule has 0 amide bonds. The molecule has 0 aliphatic heterocycles. The van der Waals surface area contributed by atoms with E-state index in [1.807, 2.05) is 56.1 Å². The van der Waals surface area contributed by atoms with Crippen molar-refractivity contribution in [3.63, 3.8) is 0 Å². The van der Waals surface area contributed by atoms with E-state index in [2.05, 4.69) is 16.3 Å². The summed E-state index contributed by atoms with van der Waals surface area (Å²) >= 11 is 0. The molecule has 4 nitrogen and oxygen atoms in total. The van der Waals surface area contributed by atoms with Gasteiger partial charge in [-0.3, -0.25) is 0 Å². The Kier molecular flexibility index (Phi) is 3.24. The van der Waals surface area contributed by atoms with Crippen LogP contribution in [0.15, 0.2) is 30.3 Å². The molecule has 1 heterocycles. The fourth-order valence-electron chi connectivity index (χ4n) is 1.74. The van der Waals surface area contributed by atoms with Crippen molar-refractivity contribution in [2.24, 2.45) is 0 Å². The van der Waals surface area contributed by atoms with Gasteiger partial charge in [-0.05, 0) is 31.5 Å². The first-order chi connectivity index (χ1) is 8.65. The summed E-state index contributed by atoms with van der Waals surface area (Å²) in [6, 6.07) is 12.0. The molecule has 0 spiro atoms. The maximum Gasteiger partial charge on any atom is 0.173 e. The molecule has 0 atom stereocenters. The van der Waals surface area contributed by atoms with E-state index in [9.17, 15) is 5.26 Å². The third-order valence-electron chi connectivity index (χ3n) is 3.01. The normalized spacial score (nSPS) is 9.89. The van der Waals surface area contributed by atoms with E-state index in [0.29, 0.717) is 11.4 Å². The Balaban J connectivity index is 2.53. The molecule has 0 saturated carbocycles. The zero-order valence-electron chi connectivity index (χ0n) is 10.7. The summed E-state index contributed by atoms with van der Waals surface area (Å²) in [5.41, 5.74) is 3.22. The summed E-state index contributed by atoms with van der Waals surface area (Å²) < 4.78 is 0. The van der Waals surface area contributed by atoms with Gasteiger partial charge in [0.05, 0.1) is 5.69 Å². The Hall–Kier alpha value is -2.41. The molecule has 2 rings (SSSR count). The number of aromatic nitrogens is 2. The first kappa shape index (κ1) is 12.1. The summed E-state index contributed by atoms with van der Waals surface area (Å²) in [4.78, 5) is 1.87. The minimum Gasteiger partial charge on any atom is -0.327 e. The Labute approximate surface area is 107 Å². The van der Waals surface area contributed by atoms with Crippen LogP contribution in [0.1, 0.15) is 16.8 Å². The monoisotopic (exact) mass is 238 g/mol. The highest BCUT2D eigenvalue weighted by Gasteiger charge is 2.15. The lowest BCUT2D eigenvalue weighted by molar-refractivity contribution is 0.929. The van der Waals surface area contributed by atoms with Gasteiger partial charge in [0.2, 0.25) is 0 Å². The average molecular weight is 238 g/mol. The predicted molar refractivity (Wildman–Crippen MR) is 70.7 cm³/mol. The minimum absolute atomic E-state index is 0.578. The van der Waals surface area contributed by atoms with Crippen LogP contribution in [0.25, 0.3) is 0 Å². The van der Waals surface area contributed by atoms with Gasteiger partial charge in [0.1, 0.15) is 11.6 Å². The number of benzene rings is 1. The maximum absolute atomic E-state index is 9.28.